The zero-order valence-electron chi connectivity index (χ0n) is 12.7. The van der Waals surface area contributed by atoms with Crippen LogP contribution in [-0.4, -0.2) is 34.5 Å². The van der Waals surface area contributed by atoms with Crippen LogP contribution >= 0.6 is 0 Å². The molecule has 2 aromatic carbocycles. The van der Waals surface area contributed by atoms with Gasteiger partial charge in [-0.05, 0) is 36.4 Å². The van der Waals surface area contributed by atoms with Gasteiger partial charge in [0.05, 0.1) is 19.9 Å². The molecule has 3 aromatic rings. The second-order valence-corrected chi connectivity index (χ2v) is 4.85. The number of phenolic OH excluding ortho intramolecular Hbond substituents is 1. The second kappa shape index (κ2) is 5.88. The second-order valence-electron chi connectivity index (χ2n) is 4.85. The summed E-state index contributed by atoms with van der Waals surface area (Å²) in [6.07, 6.45) is 0. The van der Waals surface area contributed by atoms with Gasteiger partial charge in [-0.2, -0.15) is 5.10 Å². The van der Waals surface area contributed by atoms with Crippen LogP contribution in [0.15, 0.2) is 36.4 Å². The molecule has 0 aliphatic carbocycles. The molecule has 0 fully saturated rings. The Bertz CT molecular complexity index is 845. The maximum absolute atomic E-state index is 9.48. The van der Waals surface area contributed by atoms with Gasteiger partial charge in [0.1, 0.15) is 5.75 Å². The topological polar surface area (TPSA) is 106 Å². The van der Waals surface area contributed by atoms with E-state index in [1.54, 1.807) is 32.4 Å². The van der Waals surface area contributed by atoms with E-state index in [1.807, 2.05) is 12.1 Å². The van der Waals surface area contributed by atoms with Crippen molar-refractivity contribution < 1.29 is 14.6 Å². The number of aromatic amines is 1. The van der Waals surface area contributed by atoms with Crippen LogP contribution in [-0.2, 0) is 0 Å². The van der Waals surface area contributed by atoms with Crippen LogP contribution in [0.3, 0.4) is 0 Å². The first-order chi connectivity index (χ1) is 11.1. The molecule has 3 rings (SSSR count). The number of methoxy groups -OCH3 is 2. The molecule has 0 radical (unpaired) electrons. The third-order valence-corrected chi connectivity index (χ3v) is 3.43. The van der Waals surface area contributed by atoms with Crippen molar-refractivity contribution >= 4 is 5.69 Å². The molecule has 1 aromatic heterocycles. The lowest BCUT2D eigenvalue weighted by Gasteiger charge is -2.07. The van der Waals surface area contributed by atoms with Gasteiger partial charge in [-0.1, -0.05) is 0 Å². The number of benzene rings is 2. The molecular weight excluding hydrogens is 296 g/mol. The number of nitrogens with two attached hydrogens (primary N) is 1. The maximum atomic E-state index is 9.48. The van der Waals surface area contributed by atoms with Gasteiger partial charge in [-0.3, -0.25) is 5.10 Å². The van der Waals surface area contributed by atoms with Gasteiger partial charge < -0.3 is 20.3 Å². The molecule has 0 saturated heterocycles. The lowest BCUT2D eigenvalue weighted by molar-refractivity contribution is 0.355. The Morgan fingerprint density at radius 3 is 2.43 bits per heavy atom. The molecule has 0 bridgehead atoms. The minimum Gasteiger partial charge on any atom is -0.506 e. The van der Waals surface area contributed by atoms with E-state index in [-0.39, 0.29) is 11.4 Å². The Labute approximate surface area is 132 Å². The monoisotopic (exact) mass is 312 g/mol. The maximum Gasteiger partial charge on any atom is 0.181 e. The highest BCUT2D eigenvalue weighted by molar-refractivity contribution is 5.68. The summed E-state index contributed by atoms with van der Waals surface area (Å²) in [5.74, 6) is 2.36. The van der Waals surface area contributed by atoms with Crippen LogP contribution in [0.5, 0.6) is 17.2 Å². The fourth-order valence-corrected chi connectivity index (χ4v) is 2.20. The molecule has 118 valence electrons. The molecule has 0 spiro atoms. The number of nitrogens with one attached hydrogen (secondary N) is 1. The summed E-state index contributed by atoms with van der Waals surface area (Å²) in [5.41, 5.74) is 7.50. The largest absolute Gasteiger partial charge is 0.506 e. The Morgan fingerprint density at radius 2 is 1.74 bits per heavy atom. The number of aromatic hydroxyl groups is 1. The zero-order valence-corrected chi connectivity index (χ0v) is 12.7. The van der Waals surface area contributed by atoms with Crippen LogP contribution < -0.4 is 15.2 Å². The lowest BCUT2D eigenvalue weighted by Crippen LogP contribution is -1.91. The summed E-state index contributed by atoms with van der Waals surface area (Å²) in [6, 6.07) is 10.3. The van der Waals surface area contributed by atoms with E-state index in [2.05, 4.69) is 15.2 Å². The number of anilines is 1. The van der Waals surface area contributed by atoms with Gasteiger partial charge in [0.15, 0.2) is 23.1 Å². The molecule has 0 atom stereocenters. The van der Waals surface area contributed by atoms with E-state index in [9.17, 15) is 5.11 Å². The Hall–Kier alpha value is -3.22. The van der Waals surface area contributed by atoms with Crippen LogP contribution in [0.25, 0.3) is 22.8 Å². The molecule has 1 heterocycles. The number of H-pyrrole nitrogens is 1. The van der Waals surface area contributed by atoms with Crippen molar-refractivity contribution in [1.82, 2.24) is 15.2 Å². The SMILES string of the molecule is COc1ccc(-c2nc(-c3ccc(O)c(N)c3)n[nH]2)cc1OC. The van der Waals surface area contributed by atoms with E-state index >= 15 is 0 Å². The molecule has 23 heavy (non-hydrogen) atoms. The normalized spacial score (nSPS) is 10.5. The quantitative estimate of drug-likeness (QED) is 0.504. The van der Waals surface area contributed by atoms with E-state index < -0.39 is 0 Å². The Morgan fingerprint density at radius 1 is 1.00 bits per heavy atom. The Balaban J connectivity index is 1.97. The van der Waals surface area contributed by atoms with E-state index in [1.165, 1.54) is 6.07 Å². The first kappa shape index (κ1) is 14.7. The number of aromatic nitrogens is 3. The molecular formula is C16H16N4O3. The van der Waals surface area contributed by atoms with Crippen molar-refractivity contribution in [2.45, 2.75) is 0 Å². The molecule has 0 saturated carbocycles. The highest BCUT2D eigenvalue weighted by Crippen LogP contribution is 2.32. The van der Waals surface area contributed by atoms with Gasteiger partial charge >= 0.3 is 0 Å². The predicted molar refractivity (Wildman–Crippen MR) is 86.4 cm³/mol. The fraction of sp³-hybridized carbons (Fsp3) is 0.125. The standard InChI is InChI=1S/C16H16N4O3/c1-22-13-6-4-10(8-14(13)23-2)16-18-15(19-20-16)9-3-5-12(21)11(17)7-9/h3-8,21H,17H2,1-2H3,(H,18,19,20). The van der Waals surface area contributed by atoms with Crippen molar-refractivity contribution in [3.8, 4) is 40.0 Å². The molecule has 4 N–H and O–H groups in total. The first-order valence-electron chi connectivity index (χ1n) is 6.86. The smallest absolute Gasteiger partial charge is 0.181 e. The van der Waals surface area contributed by atoms with Crippen LogP contribution in [0.1, 0.15) is 0 Å². The third kappa shape index (κ3) is 2.76. The molecule has 7 nitrogen and oxygen atoms in total. The van der Waals surface area contributed by atoms with Crippen LogP contribution in [0, 0.1) is 0 Å². The highest BCUT2D eigenvalue weighted by atomic mass is 16.5. The van der Waals surface area contributed by atoms with Gasteiger partial charge in [-0.25, -0.2) is 4.98 Å². The zero-order chi connectivity index (χ0) is 16.4. The summed E-state index contributed by atoms with van der Waals surface area (Å²) >= 11 is 0. The first-order valence-corrected chi connectivity index (χ1v) is 6.86. The highest BCUT2D eigenvalue weighted by Gasteiger charge is 2.12. The summed E-state index contributed by atoms with van der Waals surface area (Å²) < 4.78 is 10.5. The van der Waals surface area contributed by atoms with Crippen molar-refractivity contribution in [3.63, 3.8) is 0 Å². The molecule has 0 aliphatic rings. The molecule has 0 unspecified atom stereocenters. The average Bonchev–Trinajstić information content (AvgIpc) is 3.06. The van der Waals surface area contributed by atoms with Crippen molar-refractivity contribution in [1.29, 1.82) is 0 Å². The van der Waals surface area contributed by atoms with Crippen molar-refractivity contribution in [3.05, 3.63) is 36.4 Å². The summed E-state index contributed by atoms with van der Waals surface area (Å²) in [7, 11) is 3.16. The number of nitrogen functional groups attached to an aromatic ring is 1. The number of hydrogen-bond donors (Lipinski definition) is 3. The van der Waals surface area contributed by atoms with Gasteiger partial charge in [0, 0.05) is 11.1 Å². The van der Waals surface area contributed by atoms with Crippen LogP contribution in [0.2, 0.25) is 0 Å². The van der Waals surface area contributed by atoms with Crippen LogP contribution in [0.4, 0.5) is 5.69 Å². The summed E-state index contributed by atoms with van der Waals surface area (Å²) in [5, 5.41) is 16.6. The predicted octanol–water partition coefficient (Wildman–Crippen LogP) is 2.44. The molecule has 0 amide bonds. The number of nitrogens with zero attached hydrogens (tertiary/aromatic N) is 2. The fourth-order valence-electron chi connectivity index (χ4n) is 2.20. The summed E-state index contributed by atoms with van der Waals surface area (Å²) in [6.45, 7) is 0. The molecule has 0 aliphatic heterocycles. The average molecular weight is 312 g/mol. The van der Waals surface area contributed by atoms with Gasteiger partial charge in [0.2, 0.25) is 0 Å². The molecule has 7 heteroatoms. The van der Waals surface area contributed by atoms with Gasteiger partial charge in [0.25, 0.3) is 0 Å². The number of ether oxygens (including phenoxy) is 2. The Kier molecular flexibility index (Phi) is 3.76. The van der Waals surface area contributed by atoms with E-state index in [0.29, 0.717) is 28.7 Å². The minimum absolute atomic E-state index is 0.0319. The lowest BCUT2D eigenvalue weighted by atomic mass is 10.1. The summed E-state index contributed by atoms with van der Waals surface area (Å²) in [4.78, 5) is 4.45. The van der Waals surface area contributed by atoms with Gasteiger partial charge in [-0.15, -0.1) is 0 Å². The van der Waals surface area contributed by atoms with E-state index in [0.717, 1.165) is 5.56 Å². The van der Waals surface area contributed by atoms with Crippen molar-refractivity contribution in [2.75, 3.05) is 20.0 Å². The number of hydrogen-bond acceptors (Lipinski definition) is 6. The number of phenols is 1. The minimum atomic E-state index is 0.0319. The number of rotatable bonds is 4. The third-order valence-electron chi connectivity index (χ3n) is 3.43. The van der Waals surface area contributed by atoms with Crippen molar-refractivity contribution in [2.24, 2.45) is 0 Å². The van der Waals surface area contributed by atoms with E-state index in [4.69, 9.17) is 15.2 Å².